The smallest absolute Gasteiger partial charge is 0.338 e. The van der Waals surface area contributed by atoms with Crippen LogP contribution in [0.3, 0.4) is 0 Å². The maximum Gasteiger partial charge on any atom is 0.338 e. The van der Waals surface area contributed by atoms with Crippen LogP contribution in [0.15, 0.2) is 24.5 Å². The van der Waals surface area contributed by atoms with Gasteiger partial charge in [0, 0.05) is 0 Å². The largest absolute Gasteiger partial charge is 0.422 e. The van der Waals surface area contributed by atoms with Gasteiger partial charge in [0.2, 0.25) is 0 Å². The Balaban J connectivity index is 2.97. The minimum Gasteiger partial charge on any atom is -0.422 e. The standard InChI is InChI=1S/C9H4Cl3FO2/c10-5-1-2-6(9(12)8(5)11)15-7(14)3-4-13/h1-4H. The molecular weight excluding hydrogens is 265 g/mol. The second-order valence-corrected chi connectivity index (χ2v) is 3.55. The van der Waals surface area contributed by atoms with Gasteiger partial charge in [0.05, 0.1) is 22.5 Å². The van der Waals surface area contributed by atoms with Crippen molar-refractivity contribution >= 4 is 40.8 Å². The molecule has 0 saturated carbocycles. The molecular formula is C9H4Cl3FO2. The predicted molar refractivity (Wildman–Crippen MR) is 57.4 cm³/mol. The fraction of sp³-hybridized carbons (Fsp3) is 0. The van der Waals surface area contributed by atoms with Crippen LogP contribution in [-0.2, 0) is 4.79 Å². The summed E-state index contributed by atoms with van der Waals surface area (Å²) in [5.74, 6) is -0.869. The van der Waals surface area contributed by atoms with Gasteiger partial charge < -0.3 is 4.74 Å². The van der Waals surface area contributed by atoms with Crippen LogP contribution < -0.4 is 4.74 Å². The molecule has 0 spiro atoms. The summed E-state index contributed by atoms with van der Waals surface area (Å²) < 4.78 is 16.3. The monoisotopic (exact) mass is 268 g/mol. The van der Waals surface area contributed by atoms with Gasteiger partial charge in [-0.25, -0.2) is 9.18 Å². The van der Waals surface area contributed by atoms with Crippen LogP contribution in [0.5, 0.6) is 5.75 Å². The highest BCUT2D eigenvalue weighted by atomic mass is 35.5. The van der Waals surface area contributed by atoms with Crippen molar-refractivity contribution in [3.05, 3.63) is 39.6 Å². The zero-order valence-electron chi connectivity index (χ0n) is 7.14. The van der Waals surface area contributed by atoms with Crippen LogP contribution in [0.25, 0.3) is 0 Å². The van der Waals surface area contributed by atoms with Gasteiger partial charge in [0.25, 0.3) is 0 Å². The SMILES string of the molecule is O=C(C=CF)Oc1ccc(Cl)c(Cl)c1Cl. The number of hydrogen-bond donors (Lipinski definition) is 0. The molecule has 0 aliphatic rings. The number of benzene rings is 1. The Kier molecular flexibility index (Phi) is 4.39. The molecule has 1 aromatic rings. The van der Waals surface area contributed by atoms with E-state index in [0.717, 1.165) is 0 Å². The third kappa shape index (κ3) is 3.09. The third-order valence-corrected chi connectivity index (χ3v) is 2.69. The molecule has 0 fully saturated rings. The highest BCUT2D eigenvalue weighted by Crippen LogP contribution is 2.37. The first-order chi connectivity index (χ1) is 7.06. The summed E-state index contributed by atoms with van der Waals surface area (Å²) >= 11 is 17.1. The molecule has 0 atom stereocenters. The van der Waals surface area contributed by atoms with Crippen molar-refractivity contribution in [2.45, 2.75) is 0 Å². The molecule has 6 heteroatoms. The van der Waals surface area contributed by atoms with E-state index in [9.17, 15) is 9.18 Å². The quantitative estimate of drug-likeness (QED) is 0.350. The minimum atomic E-state index is -0.891. The average Bonchev–Trinajstić information content (AvgIpc) is 2.20. The number of carbonyl (C=O) groups excluding carboxylic acids is 1. The molecule has 0 heterocycles. The molecule has 0 saturated heterocycles. The summed E-state index contributed by atoms with van der Waals surface area (Å²) in [4.78, 5) is 10.9. The van der Waals surface area contributed by atoms with E-state index in [-0.39, 0.29) is 27.1 Å². The lowest BCUT2D eigenvalue weighted by atomic mass is 10.3. The molecule has 1 rings (SSSR count). The van der Waals surface area contributed by atoms with E-state index in [1.807, 2.05) is 0 Å². The second-order valence-electron chi connectivity index (χ2n) is 2.39. The number of hydrogen-bond acceptors (Lipinski definition) is 2. The summed E-state index contributed by atoms with van der Waals surface area (Å²) in [6.07, 6.45) is 0.673. The van der Waals surface area contributed by atoms with Crippen molar-refractivity contribution < 1.29 is 13.9 Å². The Hall–Kier alpha value is -0.770. The first-order valence-corrected chi connectivity index (χ1v) is 4.81. The van der Waals surface area contributed by atoms with Crippen molar-refractivity contribution in [1.29, 1.82) is 0 Å². The Morgan fingerprint density at radius 1 is 1.27 bits per heavy atom. The normalized spacial score (nSPS) is 10.7. The molecule has 15 heavy (non-hydrogen) atoms. The third-order valence-electron chi connectivity index (χ3n) is 1.41. The highest BCUT2D eigenvalue weighted by molar-refractivity contribution is 6.48. The van der Waals surface area contributed by atoms with Gasteiger partial charge in [-0.05, 0) is 12.1 Å². The number of halogens is 4. The summed E-state index contributed by atoms with van der Waals surface area (Å²) in [7, 11) is 0. The molecule has 0 unspecified atom stereocenters. The zero-order chi connectivity index (χ0) is 11.4. The lowest BCUT2D eigenvalue weighted by molar-refractivity contribution is -0.129. The Labute approximate surface area is 100 Å². The molecule has 0 aliphatic heterocycles. The Morgan fingerprint density at radius 3 is 2.53 bits per heavy atom. The second kappa shape index (κ2) is 5.35. The summed E-state index contributed by atoms with van der Waals surface area (Å²) in [6, 6.07) is 2.78. The molecule has 0 amide bonds. The highest BCUT2D eigenvalue weighted by Gasteiger charge is 2.11. The van der Waals surface area contributed by atoms with Gasteiger partial charge in [-0.15, -0.1) is 0 Å². The lowest BCUT2D eigenvalue weighted by Gasteiger charge is -2.05. The Bertz CT molecular complexity index is 418. The van der Waals surface area contributed by atoms with Crippen molar-refractivity contribution in [1.82, 2.24) is 0 Å². The minimum absolute atomic E-state index is 0.00442. The molecule has 0 N–H and O–H groups in total. The number of esters is 1. The molecule has 80 valence electrons. The first-order valence-electron chi connectivity index (χ1n) is 3.68. The van der Waals surface area contributed by atoms with Crippen LogP contribution in [0.2, 0.25) is 15.1 Å². The van der Waals surface area contributed by atoms with Gasteiger partial charge >= 0.3 is 5.97 Å². The summed E-state index contributed by atoms with van der Waals surface area (Å²) in [5, 5.41) is 0.320. The van der Waals surface area contributed by atoms with Gasteiger partial charge in [-0.3, -0.25) is 0 Å². The average molecular weight is 269 g/mol. The first kappa shape index (κ1) is 12.3. The van der Waals surface area contributed by atoms with Crippen LogP contribution >= 0.6 is 34.8 Å². The van der Waals surface area contributed by atoms with Crippen molar-refractivity contribution in [2.75, 3.05) is 0 Å². The van der Waals surface area contributed by atoms with Crippen LogP contribution in [0.4, 0.5) is 4.39 Å². The fourth-order valence-corrected chi connectivity index (χ4v) is 1.35. The van der Waals surface area contributed by atoms with E-state index in [1.165, 1.54) is 12.1 Å². The molecule has 0 aliphatic carbocycles. The number of ether oxygens (including phenoxy) is 1. The maximum atomic E-state index is 11.6. The van der Waals surface area contributed by atoms with E-state index in [2.05, 4.69) is 4.74 Å². The van der Waals surface area contributed by atoms with Crippen molar-refractivity contribution in [3.8, 4) is 5.75 Å². The number of rotatable bonds is 2. The van der Waals surface area contributed by atoms with E-state index in [0.29, 0.717) is 6.08 Å². The van der Waals surface area contributed by atoms with E-state index in [1.54, 1.807) is 0 Å². The van der Waals surface area contributed by atoms with E-state index >= 15 is 0 Å². The van der Waals surface area contributed by atoms with Gasteiger partial charge in [0.15, 0.2) is 5.75 Å². The predicted octanol–water partition coefficient (Wildman–Crippen LogP) is 4.04. The molecule has 0 bridgehead atoms. The lowest BCUT2D eigenvalue weighted by Crippen LogP contribution is -2.03. The molecule has 1 aromatic carbocycles. The van der Waals surface area contributed by atoms with Crippen molar-refractivity contribution in [3.63, 3.8) is 0 Å². The zero-order valence-corrected chi connectivity index (χ0v) is 9.41. The van der Waals surface area contributed by atoms with Crippen molar-refractivity contribution in [2.24, 2.45) is 0 Å². The Morgan fingerprint density at radius 2 is 1.93 bits per heavy atom. The summed E-state index contributed by atoms with van der Waals surface area (Å²) in [6.45, 7) is 0. The number of carbonyl (C=O) groups is 1. The van der Waals surface area contributed by atoms with E-state index < -0.39 is 5.97 Å². The van der Waals surface area contributed by atoms with Crippen LogP contribution in [0, 0.1) is 0 Å². The van der Waals surface area contributed by atoms with E-state index in [4.69, 9.17) is 34.8 Å². The summed E-state index contributed by atoms with van der Waals surface area (Å²) in [5.41, 5.74) is 0. The van der Waals surface area contributed by atoms with Gasteiger partial charge in [0.1, 0.15) is 5.02 Å². The maximum absolute atomic E-state index is 11.6. The molecule has 2 nitrogen and oxygen atoms in total. The van der Waals surface area contributed by atoms with Gasteiger partial charge in [-0.2, -0.15) is 0 Å². The van der Waals surface area contributed by atoms with Crippen LogP contribution in [-0.4, -0.2) is 5.97 Å². The van der Waals surface area contributed by atoms with Crippen LogP contribution in [0.1, 0.15) is 0 Å². The molecule has 0 aromatic heterocycles. The topological polar surface area (TPSA) is 26.3 Å². The molecule has 0 radical (unpaired) electrons. The fourth-order valence-electron chi connectivity index (χ4n) is 0.781. The van der Waals surface area contributed by atoms with Gasteiger partial charge in [-0.1, -0.05) is 34.8 Å².